The van der Waals surface area contributed by atoms with Crippen molar-refractivity contribution in [2.45, 2.75) is 38.6 Å². The van der Waals surface area contributed by atoms with Crippen LogP contribution in [-0.2, 0) is 12.6 Å². The molecule has 0 radical (unpaired) electrons. The first kappa shape index (κ1) is 12.1. The minimum atomic E-state index is 0.123. The van der Waals surface area contributed by atoms with Gasteiger partial charge in [-0.25, -0.2) is 0 Å². The van der Waals surface area contributed by atoms with E-state index in [4.69, 9.17) is 0 Å². The number of hydrogen-bond acceptors (Lipinski definition) is 2. The summed E-state index contributed by atoms with van der Waals surface area (Å²) in [6, 6.07) is 0. The molecule has 0 aliphatic carbocycles. The molecule has 1 aliphatic heterocycles. The van der Waals surface area contributed by atoms with Crippen LogP contribution in [0.4, 0.5) is 0 Å². The molecule has 1 unspecified atom stereocenters. The van der Waals surface area contributed by atoms with Crippen LogP contribution in [0.2, 0.25) is 0 Å². The third-order valence-corrected chi connectivity index (χ3v) is 3.93. The molecule has 0 aromatic carbocycles. The first-order chi connectivity index (χ1) is 7.55. The lowest BCUT2D eigenvalue weighted by Crippen LogP contribution is -2.40. The number of hydrogen-bond donors (Lipinski definition) is 1. The van der Waals surface area contributed by atoms with Gasteiger partial charge in [0.1, 0.15) is 0 Å². The predicted octanol–water partition coefficient (Wildman–Crippen LogP) is 2.81. The van der Waals surface area contributed by atoms with Gasteiger partial charge >= 0.3 is 0 Å². The number of halogens is 1. The third kappa shape index (κ3) is 2.05. The zero-order valence-corrected chi connectivity index (χ0v) is 11.8. The Morgan fingerprint density at radius 2 is 2.38 bits per heavy atom. The molecule has 1 N–H and O–H groups in total. The molecular weight excluding hydrogens is 266 g/mol. The Labute approximate surface area is 106 Å². The van der Waals surface area contributed by atoms with E-state index in [0.717, 1.165) is 11.0 Å². The maximum Gasteiger partial charge on any atom is 0.0723 e. The number of rotatable bonds is 3. The zero-order valence-electron chi connectivity index (χ0n) is 10.3. The molecular formula is C12H20BrN3. The molecule has 16 heavy (non-hydrogen) atoms. The van der Waals surface area contributed by atoms with Crippen molar-refractivity contribution in [1.29, 1.82) is 0 Å². The summed E-state index contributed by atoms with van der Waals surface area (Å²) in [6.07, 6.45) is 5.54. The molecule has 0 saturated carbocycles. The Morgan fingerprint density at radius 1 is 1.62 bits per heavy atom. The van der Waals surface area contributed by atoms with Gasteiger partial charge in [0.25, 0.3) is 0 Å². The highest BCUT2D eigenvalue weighted by molar-refractivity contribution is 9.10. The summed E-state index contributed by atoms with van der Waals surface area (Å²) in [5, 5.41) is 8.04. The van der Waals surface area contributed by atoms with Crippen LogP contribution in [0, 0.1) is 5.92 Å². The van der Waals surface area contributed by atoms with E-state index in [1.807, 2.05) is 17.9 Å². The van der Waals surface area contributed by atoms with Gasteiger partial charge in [-0.3, -0.25) is 4.68 Å². The van der Waals surface area contributed by atoms with Crippen LogP contribution in [0.1, 0.15) is 38.8 Å². The Hall–Kier alpha value is -0.350. The van der Waals surface area contributed by atoms with Crippen LogP contribution in [0.15, 0.2) is 10.7 Å². The monoisotopic (exact) mass is 285 g/mol. The fraction of sp³-hybridized carbons (Fsp3) is 0.750. The largest absolute Gasteiger partial charge is 0.306 e. The van der Waals surface area contributed by atoms with Gasteiger partial charge in [-0.15, -0.1) is 0 Å². The normalized spacial score (nSPS) is 25.6. The van der Waals surface area contributed by atoms with Gasteiger partial charge in [0.15, 0.2) is 0 Å². The maximum absolute atomic E-state index is 4.34. The van der Waals surface area contributed by atoms with E-state index in [1.165, 1.54) is 25.0 Å². The van der Waals surface area contributed by atoms with Gasteiger partial charge < -0.3 is 5.32 Å². The van der Waals surface area contributed by atoms with E-state index < -0.39 is 0 Å². The highest BCUT2D eigenvalue weighted by Crippen LogP contribution is 2.39. The predicted molar refractivity (Wildman–Crippen MR) is 69.3 cm³/mol. The van der Waals surface area contributed by atoms with Gasteiger partial charge in [0, 0.05) is 7.05 Å². The van der Waals surface area contributed by atoms with Crippen molar-refractivity contribution in [1.82, 2.24) is 15.1 Å². The van der Waals surface area contributed by atoms with E-state index in [2.05, 4.69) is 40.2 Å². The quantitative estimate of drug-likeness (QED) is 0.926. The van der Waals surface area contributed by atoms with Crippen molar-refractivity contribution in [3.63, 3.8) is 0 Å². The Morgan fingerprint density at radius 3 is 2.81 bits per heavy atom. The van der Waals surface area contributed by atoms with Gasteiger partial charge in [-0.2, -0.15) is 5.10 Å². The first-order valence-corrected chi connectivity index (χ1v) is 6.77. The standard InChI is InChI=1S/C12H20BrN3/c1-9(2)7-12(5-4-6-14-12)11-10(13)8-15-16(11)3/h8-9,14H,4-7H2,1-3H3. The molecule has 1 saturated heterocycles. The summed E-state index contributed by atoms with van der Waals surface area (Å²) in [6.45, 7) is 5.68. The van der Waals surface area contributed by atoms with Crippen LogP contribution in [0.25, 0.3) is 0 Å². The molecule has 1 aromatic rings. The maximum atomic E-state index is 4.34. The number of aryl methyl sites for hydroxylation is 1. The molecule has 3 nitrogen and oxygen atoms in total. The summed E-state index contributed by atoms with van der Waals surface area (Å²) in [4.78, 5) is 0. The van der Waals surface area contributed by atoms with Crippen molar-refractivity contribution in [3.8, 4) is 0 Å². The second-order valence-electron chi connectivity index (χ2n) is 5.18. The molecule has 1 fully saturated rings. The molecule has 1 aliphatic rings. The van der Waals surface area contributed by atoms with Crippen molar-refractivity contribution in [2.75, 3.05) is 6.54 Å². The van der Waals surface area contributed by atoms with Crippen LogP contribution >= 0.6 is 15.9 Å². The van der Waals surface area contributed by atoms with E-state index in [1.54, 1.807) is 0 Å². The summed E-state index contributed by atoms with van der Waals surface area (Å²) in [7, 11) is 2.03. The van der Waals surface area contributed by atoms with Crippen LogP contribution in [0.3, 0.4) is 0 Å². The van der Waals surface area contributed by atoms with Gasteiger partial charge in [-0.1, -0.05) is 13.8 Å². The van der Waals surface area contributed by atoms with Gasteiger partial charge in [-0.05, 0) is 47.7 Å². The molecule has 1 atom stereocenters. The fourth-order valence-corrected chi connectivity index (χ4v) is 3.65. The first-order valence-electron chi connectivity index (χ1n) is 5.98. The summed E-state index contributed by atoms with van der Waals surface area (Å²) in [5.74, 6) is 0.687. The van der Waals surface area contributed by atoms with Crippen molar-refractivity contribution in [3.05, 3.63) is 16.4 Å². The third-order valence-electron chi connectivity index (χ3n) is 3.35. The second-order valence-corrected chi connectivity index (χ2v) is 6.03. The van der Waals surface area contributed by atoms with Crippen LogP contribution in [-0.4, -0.2) is 16.3 Å². The SMILES string of the molecule is CC(C)CC1(c2c(Br)cnn2C)CCCN1. The molecule has 90 valence electrons. The van der Waals surface area contributed by atoms with Crippen molar-refractivity contribution < 1.29 is 0 Å². The summed E-state index contributed by atoms with van der Waals surface area (Å²) < 4.78 is 3.13. The van der Waals surface area contributed by atoms with E-state index in [0.29, 0.717) is 5.92 Å². The number of nitrogens with one attached hydrogen (secondary N) is 1. The summed E-state index contributed by atoms with van der Waals surface area (Å²) >= 11 is 3.63. The van der Waals surface area contributed by atoms with E-state index in [-0.39, 0.29) is 5.54 Å². The Kier molecular flexibility index (Phi) is 3.40. The lowest BCUT2D eigenvalue weighted by atomic mass is 9.84. The minimum absolute atomic E-state index is 0.123. The molecule has 0 amide bonds. The van der Waals surface area contributed by atoms with Crippen molar-refractivity contribution >= 4 is 15.9 Å². The molecule has 1 aromatic heterocycles. The second kappa shape index (κ2) is 4.49. The summed E-state index contributed by atoms with van der Waals surface area (Å²) in [5.41, 5.74) is 1.43. The smallest absolute Gasteiger partial charge is 0.0723 e. The number of aromatic nitrogens is 2. The molecule has 0 spiro atoms. The number of nitrogens with zero attached hydrogens (tertiary/aromatic N) is 2. The Balaban J connectivity index is 2.39. The van der Waals surface area contributed by atoms with Gasteiger partial charge in [0.2, 0.25) is 0 Å². The molecule has 2 heterocycles. The minimum Gasteiger partial charge on any atom is -0.306 e. The Bertz CT molecular complexity index is 345. The topological polar surface area (TPSA) is 29.9 Å². The fourth-order valence-electron chi connectivity index (χ4n) is 2.93. The van der Waals surface area contributed by atoms with Crippen LogP contribution in [0.5, 0.6) is 0 Å². The van der Waals surface area contributed by atoms with Crippen molar-refractivity contribution in [2.24, 2.45) is 13.0 Å². The van der Waals surface area contributed by atoms with Crippen LogP contribution < -0.4 is 5.32 Å². The average Bonchev–Trinajstić information content (AvgIpc) is 2.74. The van der Waals surface area contributed by atoms with E-state index >= 15 is 0 Å². The highest BCUT2D eigenvalue weighted by Gasteiger charge is 2.39. The molecule has 4 heteroatoms. The van der Waals surface area contributed by atoms with Gasteiger partial charge in [0.05, 0.1) is 21.9 Å². The zero-order chi connectivity index (χ0) is 11.8. The molecule has 2 rings (SSSR count). The lowest BCUT2D eigenvalue weighted by Gasteiger charge is -2.32. The average molecular weight is 286 g/mol. The lowest BCUT2D eigenvalue weighted by molar-refractivity contribution is 0.291. The molecule has 0 bridgehead atoms. The van der Waals surface area contributed by atoms with E-state index in [9.17, 15) is 0 Å². The highest BCUT2D eigenvalue weighted by atomic mass is 79.9.